The summed E-state index contributed by atoms with van der Waals surface area (Å²) in [5.41, 5.74) is 1.92. The van der Waals surface area contributed by atoms with E-state index in [1.165, 1.54) is 21.2 Å². The maximum atomic E-state index is 15.5. The standard InChI is InChI=1S/C24H18F2N4O2/c1-15-8-10-16(11-9-15)20-21(30-13-5-3-7-19(30)28-20)23(32)24(25,26)22(31)17-14-27-18-6-2-4-12-29(17)18/h2-14,22,31H,1H3. The predicted octanol–water partition coefficient (Wildman–Crippen LogP) is 4.51. The van der Waals surface area contributed by atoms with Gasteiger partial charge in [0.15, 0.2) is 6.10 Å². The Bertz CT molecular complexity index is 1450. The van der Waals surface area contributed by atoms with Crippen LogP contribution in [0.2, 0.25) is 0 Å². The van der Waals surface area contributed by atoms with Gasteiger partial charge in [0.25, 0.3) is 5.78 Å². The van der Waals surface area contributed by atoms with Crippen molar-refractivity contribution in [2.45, 2.75) is 19.0 Å². The number of aliphatic hydroxyl groups excluding tert-OH is 1. The van der Waals surface area contributed by atoms with Gasteiger partial charge in [-0.3, -0.25) is 9.20 Å². The fourth-order valence-corrected chi connectivity index (χ4v) is 3.75. The number of pyridine rings is 2. The van der Waals surface area contributed by atoms with Crippen molar-refractivity contribution in [3.8, 4) is 11.3 Å². The summed E-state index contributed by atoms with van der Waals surface area (Å²) in [5, 5.41) is 10.6. The molecular weight excluding hydrogens is 414 g/mol. The van der Waals surface area contributed by atoms with Gasteiger partial charge in [-0.25, -0.2) is 9.97 Å². The van der Waals surface area contributed by atoms with Crippen LogP contribution in [-0.2, 0) is 0 Å². The number of imidazole rings is 2. The highest BCUT2D eigenvalue weighted by Crippen LogP contribution is 2.37. The molecule has 1 atom stereocenters. The lowest BCUT2D eigenvalue weighted by Crippen LogP contribution is -2.37. The van der Waals surface area contributed by atoms with E-state index in [2.05, 4.69) is 9.97 Å². The van der Waals surface area contributed by atoms with Gasteiger partial charge in [-0.2, -0.15) is 8.78 Å². The lowest BCUT2D eigenvalue weighted by molar-refractivity contribution is -0.0815. The maximum absolute atomic E-state index is 15.5. The number of hydrogen-bond acceptors (Lipinski definition) is 4. The van der Waals surface area contributed by atoms with E-state index >= 15 is 8.78 Å². The number of benzene rings is 1. The minimum absolute atomic E-state index is 0.131. The van der Waals surface area contributed by atoms with Crippen molar-refractivity contribution in [2.24, 2.45) is 0 Å². The van der Waals surface area contributed by atoms with Gasteiger partial charge in [0.05, 0.1) is 11.9 Å². The minimum atomic E-state index is -4.13. The van der Waals surface area contributed by atoms with Crippen LogP contribution in [0.3, 0.4) is 0 Å². The van der Waals surface area contributed by atoms with Crippen molar-refractivity contribution in [3.63, 3.8) is 0 Å². The van der Waals surface area contributed by atoms with Crippen LogP contribution in [-0.4, -0.2) is 35.6 Å². The first-order chi connectivity index (χ1) is 15.4. The Morgan fingerprint density at radius 3 is 2.34 bits per heavy atom. The zero-order valence-electron chi connectivity index (χ0n) is 17.0. The molecule has 1 unspecified atom stereocenters. The number of alkyl halides is 2. The van der Waals surface area contributed by atoms with E-state index in [1.807, 2.05) is 19.1 Å². The number of carbonyl (C=O) groups excluding carboxylic acids is 1. The van der Waals surface area contributed by atoms with Gasteiger partial charge < -0.3 is 9.51 Å². The van der Waals surface area contributed by atoms with Crippen LogP contribution in [0.5, 0.6) is 0 Å². The van der Waals surface area contributed by atoms with Crippen LogP contribution < -0.4 is 0 Å². The monoisotopic (exact) mass is 432 g/mol. The van der Waals surface area contributed by atoms with Crippen LogP contribution >= 0.6 is 0 Å². The fourth-order valence-electron chi connectivity index (χ4n) is 3.75. The number of aromatic nitrogens is 4. The minimum Gasteiger partial charge on any atom is -0.380 e. The SMILES string of the molecule is Cc1ccc(-c2nc3ccccn3c2C(=O)C(F)(F)C(O)c2cnc3ccccn23)cc1. The Labute approximate surface area is 181 Å². The molecule has 0 aliphatic rings. The molecule has 6 nitrogen and oxygen atoms in total. The molecule has 0 aliphatic carbocycles. The van der Waals surface area contributed by atoms with Gasteiger partial charge >= 0.3 is 5.92 Å². The fraction of sp³-hybridized carbons (Fsp3) is 0.125. The molecule has 5 rings (SSSR count). The van der Waals surface area contributed by atoms with Crippen LogP contribution in [0.25, 0.3) is 22.6 Å². The Morgan fingerprint density at radius 2 is 1.62 bits per heavy atom. The molecule has 0 fully saturated rings. The average Bonchev–Trinajstić information content (AvgIpc) is 3.40. The van der Waals surface area contributed by atoms with Crippen LogP contribution in [0.4, 0.5) is 8.78 Å². The van der Waals surface area contributed by atoms with Gasteiger partial charge in [-0.1, -0.05) is 42.0 Å². The van der Waals surface area contributed by atoms with Crippen LogP contribution in [0, 0.1) is 6.92 Å². The van der Waals surface area contributed by atoms with E-state index in [0.717, 1.165) is 11.8 Å². The van der Waals surface area contributed by atoms with Gasteiger partial charge in [0, 0.05) is 18.0 Å². The Kier molecular flexibility index (Phi) is 4.60. The second-order valence-electron chi connectivity index (χ2n) is 7.57. The molecule has 4 aromatic heterocycles. The first-order valence-electron chi connectivity index (χ1n) is 9.94. The van der Waals surface area contributed by atoms with Crippen molar-refractivity contribution in [1.82, 2.24) is 18.8 Å². The largest absolute Gasteiger partial charge is 0.380 e. The summed E-state index contributed by atoms with van der Waals surface area (Å²) in [7, 11) is 0. The van der Waals surface area contributed by atoms with Gasteiger partial charge in [-0.05, 0) is 31.2 Å². The number of fused-ring (bicyclic) bond motifs is 2. The van der Waals surface area contributed by atoms with E-state index in [0.29, 0.717) is 16.9 Å². The van der Waals surface area contributed by atoms with Crippen molar-refractivity contribution >= 4 is 17.1 Å². The Balaban J connectivity index is 1.65. The molecule has 8 heteroatoms. The lowest BCUT2D eigenvalue weighted by Gasteiger charge is -2.21. The lowest BCUT2D eigenvalue weighted by atomic mass is 9.99. The van der Waals surface area contributed by atoms with E-state index in [1.54, 1.807) is 48.5 Å². The zero-order valence-corrected chi connectivity index (χ0v) is 17.0. The maximum Gasteiger partial charge on any atom is 0.342 e. The molecule has 0 amide bonds. The smallest absolute Gasteiger partial charge is 0.342 e. The normalized spacial score (nSPS) is 13.0. The highest BCUT2D eigenvalue weighted by Gasteiger charge is 2.50. The highest BCUT2D eigenvalue weighted by molar-refractivity contribution is 6.05. The molecule has 0 spiro atoms. The molecule has 32 heavy (non-hydrogen) atoms. The molecular formula is C24H18F2N4O2. The first-order valence-corrected chi connectivity index (χ1v) is 9.94. The highest BCUT2D eigenvalue weighted by atomic mass is 19.3. The number of carbonyl (C=O) groups is 1. The summed E-state index contributed by atoms with van der Waals surface area (Å²) in [6.45, 7) is 1.90. The summed E-state index contributed by atoms with van der Waals surface area (Å²) in [6.07, 6.45) is 1.76. The summed E-state index contributed by atoms with van der Waals surface area (Å²) < 4.78 is 33.6. The molecule has 160 valence electrons. The number of nitrogens with zero attached hydrogens (tertiary/aromatic N) is 4. The van der Waals surface area contributed by atoms with E-state index in [4.69, 9.17) is 0 Å². The Morgan fingerprint density at radius 1 is 0.969 bits per heavy atom. The number of ketones is 1. The first kappa shape index (κ1) is 20.0. The van der Waals surface area contributed by atoms with E-state index < -0.39 is 17.8 Å². The van der Waals surface area contributed by atoms with E-state index in [-0.39, 0.29) is 17.1 Å². The summed E-state index contributed by atoms with van der Waals surface area (Å²) in [6, 6.07) is 17.0. The second-order valence-corrected chi connectivity index (χ2v) is 7.57. The third-order valence-electron chi connectivity index (χ3n) is 5.44. The van der Waals surface area contributed by atoms with Crippen molar-refractivity contribution in [3.05, 3.63) is 96.2 Å². The van der Waals surface area contributed by atoms with Crippen LogP contribution in [0.1, 0.15) is 27.8 Å². The molecule has 0 aliphatic heterocycles. The van der Waals surface area contributed by atoms with Gasteiger partial charge in [0.1, 0.15) is 22.7 Å². The van der Waals surface area contributed by atoms with Crippen molar-refractivity contribution in [1.29, 1.82) is 0 Å². The quantitative estimate of drug-likeness (QED) is 0.415. The molecule has 5 aromatic rings. The zero-order chi connectivity index (χ0) is 22.5. The molecule has 0 saturated carbocycles. The topological polar surface area (TPSA) is 71.9 Å². The second kappa shape index (κ2) is 7.35. The molecule has 1 N–H and O–H groups in total. The number of rotatable bonds is 5. The number of halogens is 2. The van der Waals surface area contributed by atoms with Crippen molar-refractivity contribution in [2.75, 3.05) is 0 Å². The molecule has 0 radical (unpaired) electrons. The summed E-state index contributed by atoms with van der Waals surface area (Å²) in [5.74, 6) is -5.65. The van der Waals surface area contributed by atoms with Gasteiger partial charge in [-0.15, -0.1) is 0 Å². The Hall–Kier alpha value is -3.91. The summed E-state index contributed by atoms with van der Waals surface area (Å²) in [4.78, 5) is 21.7. The average molecular weight is 432 g/mol. The van der Waals surface area contributed by atoms with Crippen LogP contribution in [0.15, 0.2) is 79.3 Å². The number of aliphatic hydroxyl groups is 1. The number of Topliss-reactive ketones (excluding diaryl/α,β-unsaturated/α-hetero) is 1. The number of aryl methyl sites for hydroxylation is 1. The number of hydrogen-bond donors (Lipinski definition) is 1. The predicted molar refractivity (Wildman–Crippen MR) is 115 cm³/mol. The summed E-state index contributed by atoms with van der Waals surface area (Å²) >= 11 is 0. The van der Waals surface area contributed by atoms with Crippen molar-refractivity contribution < 1.29 is 18.7 Å². The molecule has 0 saturated heterocycles. The van der Waals surface area contributed by atoms with Gasteiger partial charge in [0.2, 0.25) is 0 Å². The molecule has 0 bridgehead atoms. The third-order valence-corrected chi connectivity index (χ3v) is 5.44. The molecule has 1 aromatic carbocycles. The third kappa shape index (κ3) is 3.07. The van der Waals surface area contributed by atoms with E-state index in [9.17, 15) is 9.90 Å². The molecule has 4 heterocycles.